The molecule has 50 heavy (non-hydrogen) atoms. The monoisotopic (exact) mass is 664 g/mol. The van der Waals surface area contributed by atoms with Crippen molar-refractivity contribution in [3.05, 3.63) is 179 Å². The van der Waals surface area contributed by atoms with Gasteiger partial charge in [0, 0.05) is 11.1 Å². The number of carbonyl (C=O) groups is 2. The largest absolute Gasteiger partial charge is 0.489 e. The Hall–Kier alpha value is -6.54. The number of nitrogen functional groups attached to an aromatic ring is 2. The molecule has 0 aliphatic rings. The van der Waals surface area contributed by atoms with Crippen molar-refractivity contribution >= 4 is 34.6 Å². The van der Waals surface area contributed by atoms with Gasteiger partial charge >= 0.3 is 0 Å². The predicted molar refractivity (Wildman–Crippen MR) is 202 cm³/mol. The number of rotatable bonds is 10. The Morgan fingerprint density at radius 2 is 0.980 bits per heavy atom. The van der Waals surface area contributed by atoms with Crippen molar-refractivity contribution in [2.45, 2.75) is 27.1 Å². The van der Waals surface area contributed by atoms with Gasteiger partial charge in [0.25, 0.3) is 11.8 Å². The second-order valence-electron chi connectivity index (χ2n) is 11.7. The minimum absolute atomic E-state index is 0.312. The van der Waals surface area contributed by atoms with Gasteiger partial charge in [-0.25, -0.2) is 0 Å². The van der Waals surface area contributed by atoms with Crippen LogP contribution >= 0.6 is 0 Å². The molecule has 0 aromatic heterocycles. The van der Waals surface area contributed by atoms with E-state index < -0.39 is 0 Å². The highest BCUT2D eigenvalue weighted by Gasteiger charge is 2.14. The minimum atomic E-state index is -0.314. The molecule has 8 heteroatoms. The summed E-state index contributed by atoms with van der Waals surface area (Å²) < 4.78 is 11.8. The van der Waals surface area contributed by atoms with E-state index in [2.05, 4.69) is 10.6 Å². The molecule has 0 bridgehead atoms. The first-order valence-electron chi connectivity index (χ1n) is 16.1. The zero-order valence-electron chi connectivity index (χ0n) is 28.1. The van der Waals surface area contributed by atoms with Crippen molar-refractivity contribution in [2.75, 3.05) is 22.1 Å². The average Bonchev–Trinajstić information content (AvgIpc) is 3.14. The third kappa shape index (κ3) is 10.2. The second-order valence-corrected chi connectivity index (χ2v) is 11.7. The van der Waals surface area contributed by atoms with Gasteiger partial charge in [0.1, 0.15) is 24.7 Å². The summed E-state index contributed by atoms with van der Waals surface area (Å²) in [7, 11) is 0. The zero-order valence-corrected chi connectivity index (χ0v) is 28.1. The number of hydrogen-bond donors (Lipinski definition) is 4. The van der Waals surface area contributed by atoms with E-state index in [1.165, 1.54) is 0 Å². The molecule has 0 fully saturated rings. The Morgan fingerprint density at radius 1 is 0.500 bits per heavy atom. The minimum Gasteiger partial charge on any atom is -0.489 e. The molecule has 0 saturated carbocycles. The van der Waals surface area contributed by atoms with Crippen LogP contribution in [0.2, 0.25) is 0 Å². The molecular formula is C42H40N4O4. The predicted octanol–water partition coefficient (Wildman–Crippen LogP) is 8.82. The number of benzene rings is 6. The summed E-state index contributed by atoms with van der Waals surface area (Å²) in [6.07, 6.45) is 0. The van der Waals surface area contributed by atoms with Crippen LogP contribution in [0.1, 0.15) is 43.0 Å². The van der Waals surface area contributed by atoms with Crippen LogP contribution in [0.4, 0.5) is 22.7 Å². The van der Waals surface area contributed by atoms with E-state index >= 15 is 0 Å². The van der Waals surface area contributed by atoms with Gasteiger partial charge in [0.15, 0.2) is 0 Å². The maximum atomic E-state index is 13.2. The number of hydrogen-bond acceptors (Lipinski definition) is 6. The molecule has 6 aromatic rings. The molecule has 0 saturated heterocycles. The fourth-order valence-electron chi connectivity index (χ4n) is 4.89. The van der Waals surface area contributed by atoms with Crippen LogP contribution in [0, 0.1) is 13.8 Å². The first kappa shape index (κ1) is 34.8. The van der Waals surface area contributed by atoms with Crippen molar-refractivity contribution < 1.29 is 19.1 Å². The van der Waals surface area contributed by atoms with Crippen molar-refractivity contribution in [3.63, 3.8) is 0 Å². The van der Waals surface area contributed by atoms with Crippen LogP contribution in [0.25, 0.3) is 0 Å². The van der Waals surface area contributed by atoms with Crippen LogP contribution in [0.5, 0.6) is 11.5 Å². The van der Waals surface area contributed by atoms with E-state index in [1.807, 2.05) is 117 Å². The Bertz CT molecular complexity index is 2050. The SMILES string of the molecule is Cc1ccc(N)c(N)c1.Cc1ccc(NC(=O)c2cccc(OCc3ccccc3)c2)c(NC(=O)c2cccc(OCc3ccccc3)c2)c1. The Labute approximate surface area is 292 Å². The van der Waals surface area contributed by atoms with Crippen LogP contribution in [-0.2, 0) is 13.2 Å². The molecule has 0 aliphatic carbocycles. The molecular weight excluding hydrogens is 624 g/mol. The lowest BCUT2D eigenvalue weighted by Gasteiger charge is -2.14. The number of amides is 2. The molecule has 252 valence electrons. The maximum absolute atomic E-state index is 13.2. The summed E-state index contributed by atoms with van der Waals surface area (Å²) >= 11 is 0. The summed E-state index contributed by atoms with van der Waals surface area (Å²) in [4.78, 5) is 26.4. The Balaban J connectivity index is 0.000000470. The van der Waals surface area contributed by atoms with Gasteiger partial charge in [-0.1, -0.05) is 84.9 Å². The van der Waals surface area contributed by atoms with Crippen molar-refractivity contribution in [1.29, 1.82) is 0 Å². The summed E-state index contributed by atoms with van der Waals surface area (Å²) in [6.45, 7) is 4.71. The van der Waals surface area contributed by atoms with E-state index in [1.54, 1.807) is 42.5 Å². The fourth-order valence-corrected chi connectivity index (χ4v) is 4.89. The molecule has 0 heterocycles. The van der Waals surface area contributed by atoms with E-state index in [-0.39, 0.29) is 11.8 Å². The van der Waals surface area contributed by atoms with Crippen molar-refractivity contribution in [2.24, 2.45) is 0 Å². The number of carbonyl (C=O) groups excluding carboxylic acids is 2. The molecule has 0 aliphatic heterocycles. The van der Waals surface area contributed by atoms with Gasteiger partial charge in [0.05, 0.1) is 22.7 Å². The standard InChI is InChI=1S/C35H30N2O4.C7H10N2/c1-25-18-19-32(36-34(38)28-14-8-16-30(21-28)40-23-26-10-4-2-5-11-26)33(20-25)37-35(39)29-15-9-17-31(22-29)41-24-27-12-6-3-7-13-27;1-5-2-3-6(8)7(9)4-5/h2-22H,23-24H2,1H3,(H,36,38)(H,37,39);2-4H,8-9H2,1H3. The molecule has 6 N–H and O–H groups in total. The third-order valence-electron chi connectivity index (χ3n) is 7.60. The average molecular weight is 665 g/mol. The number of ether oxygens (including phenoxy) is 2. The third-order valence-corrected chi connectivity index (χ3v) is 7.60. The number of aryl methyl sites for hydroxylation is 2. The molecule has 6 aromatic carbocycles. The number of anilines is 4. The summed E-state index contributed by atoms with van der Waals surface area (Å²) in [5.41, 5.74) is 18.3. The van der Waals surface area contributed by atoms with Gasteiger partial charge < -0.3 is 31.6 Å². The Kier molecular flexibility index (Phi) is 11.8. The topological polar surface area (TPSA) is 129 Å². The summed E-state index contributed by atoms with van der Waals surface area (Å²) in [6, 6.07) is 44.8. The number of nitrogens with two attached hydrogens (primary N) is 2. The van der Waals surface area contributed by atoms with Gasteiger partial charge in [-0.2, -0.15) is 0 Å². The van der Waals surface area contributed by atoms with Gasteiger partial charge in [-0.15, -0.1) is 0 Å². The highest BCUT2D eigenvalue weighted by Crippen LogP contribution is 2.26. The summed E-state index contributed by atoms with van der Waals surface area (Å²) in [5, 5.41) is 5.87. The molecule has 0 radical (unpaired) electrons. The van der Waals surface area contributed by atoms with Crippen molar-refractivity contribution in [3.8, 4) is 11.5 Å². The first-order chi connectivity index (χ1) is 24.2. The lowest BCUT2D eigenvalue weighted by Crippen LogP contribution is -2.17. The zero-order chi connectivity index (χ0) is 35.3. The highest BCUT2D eigenvalue weighted by atomic mass is 16.5. The smallest absolute Gasteiger partial charge is 0.255 e. The first-order valence-corrected chi connectivity index (χ1v) is 16.1. The number of nitrogens with one attached hydrogen (secondary N) is 2. The second kappa shape index (κ2) is 17.0. The summed E-state index contributed by atoms with van der Waals surface area (Å²) in [5.74, 6) is 0.556. The van der Waals surface area contributed by atoms with E-state index in [0.717, 1.165) is 22.3 Å². The quantitative estimate of drug-likeness (QED) is 0.108. The van der Waals surface area contributed by atoms with Crippen molar-refractivity contribution in [1.82, 2.24) is 0 Å². The van der Waals surface area contributed by atoms with E-state index in [9.17, 15) is 9.59 Å². The molecule has 0 spiro atoms. The maximum Gasteiger partial charge on any atom is 0.255 e. The molecule has 2 amide bonds. The van der Waals surface area contributed by atoms with Crippen LogP contribution in [-0.4, -0.2) is 11.8 Å². The molecule has 0 unspecified atom stereocenters. The molecule has 8 nitrogen and oxygen atoms in total. The van der Waals surface area contributed by atoms with Gasteiger partial charge in [-0.3, -0.25) is 9.59 Å². The van der Waals surface area contributed by atoms with Crippen LogP contribution in [0.3, 0.4) is 0 Å². The fraction of sp³-hybridized carbons (Fsp3) is 0.0952. The van der Waals surface area contributed by atoms with Crippen LogP contribution < -0.4 is 31.6 Å². The lowest BCUT2D eigenvalue weighted by molar-refractivity contribution is 0.101. The lowest BCUT2D eigenvalue weighted by atomic mass is 10.1. The van der Waals surface area contributed by atoms with Gasteiger partial charge in [0.2, 0.25) is 0 Å². The molecule has 6 rings (SSSR count). The highest BCUT2D eigenvalue weighted by molar-refractivity contribution is 6.10. The normalized spacial score (nSPS) is 10.3. The van der Waals surface area contributed by atoms with Gasteiger partial charge in [-0.05, 0) is 96.8 Å². The molecule has 0 atom stereocenters. The van der Waals surface area contributed by atoms with E-state index in [0.29, 0.717) is 58.6 Å². The van der Waals surface area contributed by atoms with E-state index in [4.69, 9.17) is 20.9 Å². The Morgan fingerprint density at radius 3 is 1.48 bits per heavy atom. The van der Waals surface area contributed by atoms with Crippen LogP contribution in [0.15, 0.2) is 146 Å².